The minimum Gasteiger partial charge on any atom is -0.493 e. The number of hydrogen-bond acceptors (Lipinski definition) is 14. The fourth-order valence-corrected chi connectivity index (χ4v) is 10.00. The molecule has 4 aromatic heterocycles. The van der Waals surface area contributed by atoms with Gasteiger partial charge in [-0.05, 0) is 25.0 Å². The molecular formula is C44H50F4N10O10S2. The Balaban J connectivity index is 0.000000206. The number of aliphatic hydroxyl groups excluding tert-OH is 2. The van der Waals surface area contributed by atoms with E-state index in [0.717, 1.165) is 55.2 Å². The number of carbonyl (C=O) groups is 2. The minimum atomic E-state index is -4.13. The molecule has 6 heterocycles. The standard InChI is InChI=1S/2C22H25F2N5O5S/c2*1-2-7-34-20-6-4-3-5-17(20)18(14-30)22(31)27-9-15-10-29(26-19(15)12-27)35(32,33)16-8-25-28(11-16)13-21(23)24/h2*3-6,8,10-11,18,21,30H,2,7,9,12-14H2,1H3/t2*18-/m10/s1. The molecule has 2 aliphatic heterocycles. The Hall–Kier alpha value is -6.64. The Morgan fingerprint density at radius 2 is 1.00 bits per heavy atom. The van der Waals surface area contributed by atoms with Gasteiger partial charge in [-0.1, -0.05) is 50.2 Å². The summed E-state index contributed by atoms with van der Waals surface area (Å²) in [5.74, 6) is -1.29. The highest BCUT2D eigenvalue weighted by molar-refractivity contribution is 7.90. The predicted octanol–water partition coefficient (Wildman–Crippen LogP) is 3.98. The highest BCUT2D eigenvalue weighted by Crippen LogP contribution is 2.34. The predicted molar refractivity (Wildman–Crippen MR) is 239 cm³/mol. The van der Waals surface area contributed by atoms with E-state index in [1.807, 2.05) is 13.8 Å². The van der Waals surface area contributed by atoms with Crippen molar-refractivity contribution >= 4 is 31.9 Å². The number of para-hydroxylation sites is 2. The van der Waals surface area contributed by atoms with Crippen molar-refractivity contribution in [3.05, 3.63) is 119 Å². The second-order valence-corrected chi connectivity index (χ2v) is 19.8. The number of amides is 2. The van der Waals surface area contributed by atoms with Gasteiger partial charge in [-0.15, -0.1) is 0 Å². The molecule has 0 unspecified atom stereocenters. The van der Waals surface area contributed by atoms with Gasteiger partial charge in [0.25, 0.3) is 32.9 Å². The number of rotatable bonds is 20. The van der Waals surface area contributed by atoms with Crippen LogP contribution in [0.1, 0.15) is 72.2 Å². The third-order valence-electron chi connectivity index (χ3n) is 11.2. The van der Waals surface area contributed by atoms with Crippen LogP contribution in [0.15, 0.2) is 95.5 Å². The van der Waals surface area contributed by atoms with Crippen molar-refractivity contribution in [2.75, 3.05) is 26.4 Å². The van der Waals surface area contributed by atoms with Gasteiger partial charge in [-0.25, -0.2) is 17.6 Å². The van der Waals surface area contributed by atoms with Crippen LogP contribution >= 0.6 is 0 Å². The zero-order valence-electron chi connectivity index (χ0n) is 37.8. The monoisotopic (exact) mass is 1020 g/mol. The zero-order chi connectivity index (χ0) is 50.3. The van der Waals surface area contributed by atoms with E-state index in [-0.39, 0.29) is 47.8 Å². The summed E-state index contributed by atoms with van der Waals surface area (Å²) >= 11 is 0. The number of fused-ring (bicyclic) bond motifs is 2. The summed E-state index contributed by atoms with van der Waals surface area (Å²) in [6.07, 6.45) is 2.86. The number of aliphatic hydroxyl groups is 2. The van der Waals surface area contributed by atoms with Crippen LogP contribution in [0.2, 0.25) is 0 Å². The Morgan fingerprint density at radius 3 is 1.34 bits per heavy atom. The van der Waals surface area contributed by atoms with Gasteiger partial charge in [0.15, 0.2) is 0 Å². The molecule has 0 saturated heterocycles. The van der Waals surface area contributed by atoms with E-state index in [1.165, 1.54) is 22.2 Å². The highest BCUT2D eigenvalue weighted by Gasteiger charge is 2.36. The van der Waals surface area contributed by atoms with Crippen LogP contribution in [0.3, 0.4) is 0 Å². The fourth-order valence-electron chi connectivity index (χ4n) is 7.75. The second-order valence-electron chi connectivity index (χ2n) is 16.2. The molecule has 70 heavy (non-hydrogen) atoms. The molecule has 2 N–H and O–H groups in total. The molecule has 0 radical (unpaired) electrons. The van der Waals surface area contributed by atoms with E-state index in [0.29, 0.717) is 58.4 Å². The van der Waals surface area contributed by atoms with Crippen molar-refractivity contribution in [3.8, 4) is 11.5 Å². The fraction of sp³-hybridized carbons (Fsp3) is 0.409. The van der Waals surface area contributed by atoms with Gasteiger partial charge in [0.2, 0.25) is 11.8 Å². The van der Waals surface area contributed by atoms with Crippen molar-refractivity contribution in [2.24, 2.45) is 0 Å². The summed E-state index contributed by atoms with van der Waals surface area (Å²) in [7, 11) is -8.26. The van der Waals surface area contributed by atoms with E-state index in [9.17, 15) is 54.2 Å². The average Bonchev–Trinajstić information content (AvgIpc) is 4.19. The summed E-state index contributed by atoms with van der Waals surface area (Å²) < 4.78 is 116. The minimum absolute atomic E-state index is 0.0653. The third kappa shape index (κ3) is 11.2. The van der Waals surface area contributed by atoms with Crippen LogP contribution in [0.25, 0.3) is 0 Å². The van der Waals surface area contributed by atoms with Crippen molar-refractivity contribution in [1.82, 2.24) is 47.7 Å². The average molecular weight is 1020 g/mol. The zero-order valence-corrected chi connectivity index (χ0v) is 39.5. The van der Waals surface area contributed by atoms with Crippen molar-refractivity contribution in [3.63, 3.8) is 0 Å². The number of ether oxygens (including phenoxy) is 2. The summed E-state index contributed by atoms with van der Waals surface area (Å²) in [5, 5.41) is 35.6. The molecule has 0 saturated carbocycles. The van der Waals surface area contributed by atoms with E-state index < -0.39 is 71.0 Å². The van der Waals surface area contributed by atoms with Crippen LogP contribution < -0.4 is 9.47 Å². The van der Waals surface area contributed by atoms with Crippen LogP contribution in [-0.4, -0.2) is 126 Å². The maximum atomic E-state index is 13.2. The maximum absolute atomic E-state index is 13.2. The van der Waals surface area contributed by atoms with Gasteiger partial charge in [0.1, 0.15) is 34.4 Å². The summed E-state index contributed by atoms with van der Waals surface area (Å²) in [6, 6.07) is 14.1. The first-order chi connectivity index (χ1) is 33.5. The number of carbonyl (C=O) groups excluding carboxylic acids is 2. The molecule has 2 atom stereocenters. The Labute approximate surface area is 399 Å². The first-order valence-corrected chi connectivity index (χ1v) is 24.9. The van der Waals surface area contributed by atoms with E-state index in [4.69, 9.17) is 9.47 Å². The molecule has 2 aromatic carbocycles. The number of alkyl halides is 4. The lowest BCUT2D eigenvalue weighted by Gasteiger charge is -2.23. The topological polar surface area (TPSA) is 239 Å². The highest BCUT2D eigenvalue weighted by atomic mass is 32.2. The number of hydrogen-bond donors (Lipinski definition) is 2. The molecule has 0 fully saturated rings. The lowest BCUT2D eigenvalue weighted by atomic mass is 9.97. The molecule has 26 heteroatoms. The van der Waals surface area contributed by atoms with Gasteiger partial charge < -0.3 is 29.5 Å². The van der Waals surface area contributed by atoms with Crippen LogP contribution in [0.4, 0.5) is 17.6 Å². The van der Waals surface area contributed by atoms with Crippen molar-refractivity contribution < 1.29 is 63.7 Å². The van der Waals surface area contributed by atoms with Crippen LogP contribution in [0.5, 0.6) is 11.5 Å². The van der Waals surface area contributed by atoms with Crippen molar-refractivity contribution in [1.29, 1.82) is 0 Å². The molecule has 0 aliphatic carbocycles. The number of aromatic nitrogens is 8. The first-order valence-electron chi connectivity index (χ1n) is 22.0. The largest absolute Gasteiger partial charge is 0.493 e. The van der Waals surface area contributed by atoms with Gasteiger partial charge >= 0.3 is 0 Å². The van der Waals surface area contributed by atoms with E-state index in [1.54, 1.807) is 48.5 Å². The molecule has 376 valence electrons. The number of nitrogens with zero attached hydrogens (tertiary/aromatic N) is 10. The SMILES string of the molecule is CCCOc1ccccc1[C@@H](CO)C(=O)N1Cc2cn(S(=O)(=O)c3cnn(CC(F)F)c3)nc2C1.CCCOc1ccccc1[C@H](CO)C(=O)N1Cc2cn(S(=O)(=O)c3cnn(CC(F)F)c3)nc2C1. The molecule has 2 aliphatic rings. The van der Waals surface area contributed by atoms with Crippen LogP contribution in [0, 0.1) is 0 Å². The number of benzene rings is 2. The summed E-state index contributed by atoms with van der Waals surface area (Å²) in [4.78, 5) is 28.9. The molecule has 2 amide bonds. The van der Waals surface area contributed by atoms with Gasteiger partial charge in [0, 0.05) is 60.1 Å². The molecule has 0 bridgehead atoms. The van der Waals surface area contributed by atoms with Gasteiger partial charge in [-0.2, -0.15) is 45.4 Å². The van der Waals surface area contributed by atoms with E-state index in [2.05, 4.69) is 20.4 Å². The first kappa shape index (κ1) is 51.2. The summed E-state index contributed by atoms with van der Waals surface area (Å²) in [6.45, 7) is 2.96. The maximum Gasteiger partial charge on any atom is 0.286 e. The Kier molecular flexibility index (Phi) is 16.1. The molecular weight excluding hydrogens is 969 g/mol. The second kappa shape index (κ2) is 22.0. The number of halogens is 4. The van der Waals surface area contributed by atoms with Crippen molar-refractivity contribution in [2.45, 2.75) is 100 Å². The quantitative estimate of drug-likeness (QED) is 0.103. The van der Waals surface area contributed by atoms with E-state index >= 15 is 0 Å². The molecule has 8 rings (SSSR count). The van der Waals surface area contributed by atoms with Gasteiger partial charge in [0.05, 0.1) is 75.1 Å². The molecule has 6 aromatic rings. The van der Waals surface area contributed by atoms with Crippen LogP contribution in [-0.2, 0) is 68.9 Å². The normalized spacial score (nSPS) is 14.4. The Morgan fingerprint density at radius 1 is 0.614 bits per heavy atom. The Bertz CT molecular complexity index is 2770. The lowest BCUT2D eigenvalue weighted by molar-refractivity contribution is -0.135. The lowest BCUT2D eigenvalue weighted by Crippen LogP contribution is -2.33. The smallest absolute Gasteiger partial charge is 0.286 e. The molecule has 20 nitrogen and oxygen atoms in total. The third-order valence-corrected chi connectivity index (χ3v) is 14.1. The molecule has 0 spiro atoms. The summed E-state index contributed by atoms with van der Waals surface area (Å²) in [5.41, 5.74) is 3.02. The van der Waals surface area contributed by atoms with Gasteiger partial charge in [-0.3, -0.25) is 19.0 Å².